The third-order valence-corrected chi connectivity index (χ3v) is 0. The van der Waals surface area contributed by atoms with Gasteiger partial charge in [0, 0.05) is 0 Å². The van der Waals surface area contributed by atoms with E-state index in [1.165, 1.54) is 0 Å². The molecule has 0 heterocycles. The van der Waals surface area contributed by atoms with Crippen molar-refractivity contribution < 1.29 is 68.3 Å². The maximum atomic E-state index is 0. The molecule has 0 N–H and O–H groups in total. The molecule has 0 nitrogen and oxygen atoms in total. The molecule has 0 spiro atoms. The van der Waals surface area contributed by atoms with Crippen LogP contribution in [0.4, 0.5) is 0 Å². The monoisotopic (exact) mass is 286 g/mol. The third-order valence-electron chi connectivity index (χ3n) is 0. The molecule has 0 aliphatic heterocycles. The van der Waals surface area contributed by atoms with Crippen molar-refractivity contribution in [2.45, 2.75) is 0 Å². The Kier molecular flexibility index (Phi) is 335. The molecule has 0 fully saturated rings. The molecule has 48 valence electrons. The van der Waals surface area contributed by atoms with Crippen LogP contribution in [0.5, 0.6) is 0 Å². The zero-order chi connectivity index (χ0) is 0. The molecule has 0 saturated heterocycles. The summed E-state index contributed by atoms with van der Waals surface area (Å²) < 4.78 is 0. The molecule has 0 rings (SSSR count). The van der Waals surface area contributed by atoms with E-state index in [9.17, 15) is 0 Å². The average Bonchev–Trinajstić information content (AvgIpc) is 0. The predicted octanol–water partition coefficient (Wildman–Crippen LogP) is 0.103. The van der Waals surface area contributed by atoms with Crippen LogP contribution >= 0.6 is 13.5 Å². The molecule has 5 heteroatoms. The minimum Gasteiger partial charge on any atom is -0.197 e. The van der Waals surface area contributed by atoms with Crippen LogP contribution in [0, 0.1) is 0 Å². The van der Waals surface area contributed by atoms with Gasteiger partial charge in [-0.05, 0) is 0 Å². The summed E-state index contributed by atoms with van der Waals surface area (Å²) in [6.07, 6.45) is 0. The molecular weight excluding hydrogens is 286 g/mol. The van der Waals surface area contributed by atoms with Crippen LogP contribution in [0.3, 0.4) is 0 Å². The van der Waals surface area contributed by atoms with E-state index in [1.54, 1.807) is 0 Å². The van der Waals surface area contributed by atoms with Crippen LogP contribution in [-0.2, 0) is 68.3 Å². The van der Waals surface area contributed by atoms with Gasteiger partial charge < -0.3 is 0 Å². The maximum absolute atomic E-state index is 0. The van der Waals surface area contributed by atoms with Gasteiger partial charge in [-0.1, -0.05) is 0 Å². The van der Waals surface area contributed by atoms with E-state index >= 15 is 0 Å². The van der Waals surface area contributed by atoms with Crippen LogP contribution in [0.15, 0.2) is 0 Å². The summed E-state index contributed by atoms with van der Waals surface area (Å²) in [4.78, 5) is 0. The molecule has 0 aromatic heterocycles. The first-order valence-electron chi connectivity index (χ1n) is 0. The quantitative estimate of drug-likeness (QED) is 0.555. The predicted molar refractivity (Wildman–Crippen MR) is 10.4 cm³/mol. The molecule has 0 aliphatic rings. The van der Waals surface area contributed by atoms with Crippen molar-refractivity contribution in [3.05, 3.63) is 0 Å². The van der Waals surface area contributed by atoms with E-state index in [-0.39, 0.29) is 81.8 Å². The Balaban J connectivity index is 0. The Morgan fingerprint density at radius 2 is 0.400 bits per heavy atom. The molecule has 0 unspecified atom stereocenters. The van der Waals surface area contributed by atoms with Crippen molar-refractivity contribution in [3.63, 3.8) is 0 Å². The van der Waals surface area contributed by atoms with Crippen LogP contribution in [0.1, 0.15) is 0 Å². The van der Waals surface area contributed by atoms with Crippen molar-refractivity contribution in [2.24, 2.45) is 0 Å². The van der Waals surface area contributed by atoms with Crippen LogP contribution in [0.25, 0.3) is 0 Å². The van der Waals surface area contributed by atoms with Gasteiger partial charge in [0.1, 0.15) is 0 Å². The summed E-state index contributed by atoms with van der Waals surface area (Å²) in [5.74, 6) is 0. The molecule has 0 aromatic carbocycles. The molecule has 0 saturated carbocycles. The molecule has 5 heavy (non-hydrogen) atoms. The summed E-state index contributed by atoms with van der Waals surface area (Å²) >= 11 is 0. The topological polar surface area (TPSA) is 0 Å². The summed E-state index contributed by atoms with van der Waals surface area (Å²) in [6, 6.07) is 0. The summed E-state index contributed by atoms with van der Waals surface area (Å²) in [5, 5.41) is 0. The maximum Gasteiger partial charge on any atom is 1.00 e. The first-order chi connectivity index (χ1) is 0. The van der Waals surface area contributed by atoms with Crippen molar-refractivity contribution in [3.8, 4) is 0 Å². The minimum atomic E-state index is 0. The normalized spacial score (nSPS) is 0. The number of hydrogen-bond donors (Lipinski definition) is 0. The van der Waals surface area contributed by atoms with Gasteiger partial charge in [0.15, 0.2) is 0 Å². The SMILES string of the molecule is S.[Cu+].[Cu+].[Cu+].[Cu+]. The summed E-state index contributed by atoms with van der Waals surface area (Å²) in [5.41, 5.74) is 0. The largest absolute Gasteiger partial charge is 1.00 e. The van der Waals surface area contributed by atoms with E-state index in [0.29, 0.717) is 0 Å². The second-order valence-electron chi connectivity index (χ2n) is 0. The van der Waals surface area contributed by atoms with Crippen LogP contribution < -0.4 is 0 Å². The zero-order valence-electron chi connectivity index (χ0n) is 1.71. The Morgan fingerprint density at radius 3 is 0.400 bits per heavy atom. The fraction of sp³-hybridized carbons (Fsp3) is 0. The smallest absolute Gasteiger partial charge is 0.197 e. The standard InChI is InChI=1S/4Cu.H2S/h;;;;1H2/q4*+1;. The number of hydrogen-bond acceptors (Lipinski definition) is 0. The van der Waals surface area contributed by atoms with Gasteiger partial charge in [0.25, 0.3) is 0 Å². The van der Waals surface area contributed by atoms with Gasteiger partial charge in [0.05, 0.1) is 0 Å². The van der Waals surface area contributed by atoms with Crippen LogP contribution in [0.2, 0.25) is 0 Å². The van der Waals surface area contributed by atoms with E-state index in [1.807, 2.05) is 0 Å². The Bertz CT molecular complexity index is 3.61. The van der Waals surface area contributed by atoms with Gasteiger partial charge in [-0.25, -0.2) is 0 Å². The van der Waals surface area contributed by atoms with Gasteiger partial charge in [0.2, 0.25) is 0 Å². The summed E-state index contributed by atoms with van der Waals surface area (Å²) in [7, 11) is 0. The molecule has 0 amide bonds. The molecular formula is H2Cu4S+4. The van der Waals surface area contributed by atoms with E-state index in [4.69, 9.17) is 0 Å². The second-order valence-corrected chi connectivity index (χ2v) is 0. The van der Waals surface area contributed by atoms with Crippen molar-refractivity contribution >= 4 is 13.5 Å². The van der Waals surface area contributed by atoms with Crippen molar-refractivity contribution in [1.82, 2.24) is 0 Å². The van der Waals surface area contributed by atoms with Crippen molar-refractivity contribution in [1.29, 1.82) is 0 Å². The first kappa shape index (κ1) is 52.1. The van der Waals surface area contributed by atoms with Gasteiger partial charge in [-0.2, -0.15) is 13.5 Å². The average molecular weight is 288 g/mol. The zero-order valence-corrected chi connectivity index (χ0v) is 6.47. The van der Waals surface area contributed by atoms with E-state index < -0.39 is 0 Å². The Labute approximate surface area is 80.9 Å². The number of rotatable bonds is 0. The van der Waals surface area contributed by atoms with Gasteiger partial charge in [-0.15, -0.1) is 0 Å². The fourth-order valence-corrected chi connectivity index (χ4v) is 0. The molecule has 0 bridgehead atoms. The van der Waals surface area contributed by atoms with Crippen LogP contribution in [-0.4, -0.2) is 0 Å². The summed E-state index contributed by atoms with van der Waals surface area (Å²) in [6.45, 7) is 0. The van der Waals surface area contributed by atoms with Gasteiger partial charge in [-0.3, -0.25) is 0 Å². The van der Waals surface area contributed by atoms with E-state index in [0.717, 1.165) is 0 Å². The third kappa shape index (κ3) is 21.4. The molecule has 0 atom stereocenters. The molecule has 0 aromatic rings. The molecule has 0 aliphatic carbocycles. The Hall–Kier alpha value is 2.43. The fourth-order valence-electron chi connectivity index (χ4n) is 0. The molecule has 0 radical (unpaired) electrons. The first-order valence-corrected chi connectivity index (χ1v) is 0. The Morgan fingerprint density at radius 1 is 0.400 bits per heavy atom. The minimum absolute atomic E-state index is 0. The second kappa shape index (κ2) is 32.1. The van der Waals surface area contributed by atoms with Gasteiger partial charge >= 0.3 is 68.3 Å². The van der Waals surface area contributed by atoms with E-state index in [2.05, 4.69) is 0 Å². The van der Waals surface area contributed by atoms with Crippen molar-refractivity contribution in [2.75, 3.05) is 0 Å².